The minimum atomic E-state index is 0.559. The van der Waals surface area contributed by atoms with E-state index < -0.39 is 0 Å². The second-order valence-corrected chi connectivity index (χ2v) is 4.30. The average Bonchev–Trinajstić information content (AvgIpc) is 2.31. The van der Waals surface area contributed by atoms with Crippen LogP contribution in [0.5, 0.6) is 0 Å². The number of hydrazine groups is 1. The Hall–Kier alpha value is -1.46. The molecule has 82 valence electrons. The molecule has 0 unspecified atom stereocenters. The van der Waals surface area contributed by atoms with Crippen LogP contribution in [0, 0.1) is 6.92 Å². The van der Waals surface area contributed by atoms with E-state index in [0.717, 1.165) is 21.3 Å². The maximum absolute atomic E-state index is 5.31. The lowest BCUT2D eigenvalue weighted by Crippen LogP contribution is -2.09. The van der Waals surface area contributed by atoms with E-state index in [1.807, 2.05) is 37.3 Å². The minimum absolute atomic E-state index is 0.559. The van der Waals surface area contributed by atoms with E-state index in [0.29, 0.717) is 5.82 Å². The number of aromatic nitrogens is 2. The first-order valence-electron chi connectivity index (χ1n) is 4.77. The van der Waals surface area contributed by atoms with Crippen molar-refractivity contribution in [2.75, 3.05) is 5.43 Å². The van der Waals surface area contributed by atoms with Gasteiger partial charge < -0.3 is 5.43 Å². The van der Waals surface area contributed by atoms with E-state index in [2.05, 4.69) is 31.6 Å². The van der Waals surface area contributed by atoms with E-state index >= 15 is 0 Å². The summed E-state index contributed by atoms with van der Waals surface area (Å²) >= 11 is 3.40. The molecule has 5 heteroatoms. The lowest BCUT2D eigenvalue weighted by molar-refractivity contribution is 0.978. The lowest BCUT2D eigenvalue weighted by Gasteiger charge is -2.06. The van der Waals surface area contributed by atoms with Gasteiger partial charge >= 0.3 is 0 Å². The van der Waals surface area contributed by atoms with Crippen molar-refractivity contribution in [2.24, 2.45) is 5.84 Å². The minimum Gasteiger partial charge on any atom is -0.307 e. The molecule has 0 aliphatic heterocycles. The molecule has 0 amide bonds. The van der Waals surface area contributed by atoms with Crippen LogP contribution in [0.4, 0.5) is 5.82 Å². The summed E-state index contributed by atoms with van der Waals surface area (Å²) in [5.74, 6) is 5.87. The summed E-state index contributed by atoms with van der Waals surface area (Å²) < 4.78 is 1.05. The zero-order valence-corrected chi connectivity index (χ0v) is 10.3. The van der Waals surface area contributed by atoms with Crippen LogP contribution in [-0.4, -0.2) is 10.2 Å². The Morgan fingerprint density at radius 3 is 2.50 bits per heavy atom. The molecular formula is C11H11BrN4. The van der Waals surface area contributed by atoms with Crippen molar-refractivity contribution >= 4 is 21.7 Å². The highest BCUT2D eigenvalue weighted by molar-refractivity contribution is 9.10. The number of benzene rings is 1. The van der Waals surface area contributed by atoms with E-state index in [1.165, 1.54) is 0 Å². The van der Waals surface area contributed by atoms with Gasteiger partial charge in [0.05, 0.1) is 5.69 Å². The van der Waals surface area contributed by atoms with Crippen LogP contribution in [-0.2, 0) is 0 Å². The van der Waals surface area contributed by atoms with Crippen molar-refractivity contribution in [1.29, 1.82) is 0 Å². The molecule has 0 fully saturated rings. The number of nitrogens with zero attached hydrogens (tertiary/aromatic N) is 2. The number of nitrogens with two attached hydrogens (primary N) is 1. The summed E-state index contributed by atoms with van der Waals surface area (Å²) in [4.78, 5) is 0. The van der Waals surface area contributed by atoms with Crippen LogP contribution in [0.2, 0.25) is 0 Å². The van der Waals surface area contributed by atoms with Gasteiger partial charge in [0.25, 0.3) is 0 Å². The van der Waals surface area contributed by atoms with Gasteiger partial charge in [-0.2, -0.15) is 5.10 Å². The van der Waals surface area contributed by atoms with E-state index in [4.69, 9.17) is 5.84 Å². The first-order chi connectivity index (χ1) is 7.70. The molecule has 4 nitrogen and oxygen atoms in total. The number of hydrogen-bond acceptors (Lipinski definition) is 4. The predicted molar refractivity (Wildman–Crippen MR) is 67.7 cm³/mol. The fourth-order valence-corrected chi connectivity index (χ4v) is 1.71. The van der Waals surface area contributed by atoms with Crippen LogP contribution in [0.3, 0.4) is 0 Å². The van der Waals surface area contributed by atoms with E-state index in [1.54, 1.807) is 0 Å². The van der Waals surface area contributed by atoms with Crippen LogP contribution < -0.4 is 11.3 Å². The quantitative estimate of drug-likeness (QED) is 0.655. The SMILES string of the molecule is Cc1nnc(NN)cc1-c1ccc(Br)cc1. The summed E-state index contributed by atoms with van der Waals surface area (Å²) in [6, 6.07) is 9.91. The van der Waals surface area contributed by atoms with E-state index in [9.17, 15) is 0 Å². The van der Waals surface area contributed by atoms with Gasteiger partial charge in [0.15, 0.2) is 5.82 Å². The number of hydrogen-bond donors (Lipinski definition) is 2. The molecule has 0 atom stereocenters. The van der Waals surface area contributed by atoms with Gasteiger partial charge in [-0.05, 0) is 30.7 Å². The predicted octanol–water partition coefficient (Wildman–Crippen LogP) is 2.50. The average molecular weight is 279 g/mol. The number of nitrogen functional groups attached to an aromatic ring is 1. The van der Waals surface area contributed by atoms with Gasteiger partial charge in [-0.1, -0.05) is 28.1 Å². The molecule has 0 saturated heterocycles. The zero-order valence-electron chi connectivity index (χ0n) is 8.74. The lowest BCUT2D eigenvalue weighted by atomic mass is 10.1. The van der Waals surface area contributed by atoms with Crippen molar-refractivity contribution in [3.63, 3.8) is 0 Å². The van der Waals surface area contributed by atoms with Gasteiger partial charge in [-0.25, -0.2) is 5.84 Å². The van der Waals surface area contributed by atoms with Gasteiger partial charge in [0.2, 0.25) is 0 Å². The number of nitrogens with one attached hydrogen (secondary N) is 1. The Kier molecular flexibility index (Phi) is 3.17. The highest BCUT2D eigenvalue weighted by Crippen LogP contribution is 2.24. The Labute approximate surface area is 102 Å². The highest BCUT2D eigenvalue weighted by Gasteiger charge is 2.05. The molecule has 1 aromatic carbocycles. The molecule has 0 aliphatic carbocycles. The van der Waals surface area contributed by atoms with Crippen molar-refractivity contribution < 1.29 is 0 Å². The number of aryl methyl sites for hydroxylation is 1. The molecule has 16 heavy (non-hydrogen) atoms. The van der Waals surface area contributed by atoms with Crippen molar-refractivity contribution in [3.05, 3.63) is 40.5 Å². The van der Waals surface area contributed by atoms with Crippen molar-refractivity contribution in [1.82, 2.24) is 10.2 Å². The highest BCUT2D eigenvalue weighted by atomic mass is 79.9. The maximum atomic E-state index is 5.31. The third-order valence-electron chi connectivity index (χ3n) is 2.28. The molecule has 1 aromatic heterocycles. The second-order valence-electron chi connectivity index (χ2n) is 3.38. The topological polar surface area (TPSA) is 63.8 Å². The number of rotatable bonds is 2. The first-order valence-corrected chi connectivity index (χ1v) is 5.57. The summed E-state index contributed by atoms with van der Waals surface area (Å²) in [7, 11) is 0. The van der Waals surface area contributed by atoms with Crippen LogP contribution in [0.1, 0.15) is 5.69 Å². The summed E-state index contributed by atoms with van der Waals surface area (Å²) in [5, 5.41) is 7.95. The molecular weight excluding hydrogens is 268 g/mol. The molecule has 3 N–H and O–H groups in total. The first kappa shape index (κ1) is 11.0. The van der Waals surface area contributed by atoms with Gasteiger partial charge in [-0.15, -0.1) is 5.10 Å². The third kappa shape index (κ3) is 2.20. The largest absolute Gasteiger partial charge is 0.307 e. The molecule has 1 heterocycles. The van der Waals surface area contributed by atoms with Crippen molar-refractivity contribution in [2.45, 2.75) is 6.92 Å². The summed E-state index contributed by atoms with van der Waals surface area (Å²) in [6.45, 7) is 1.92. The van der Waals surface area contributed by atoms with Crippen LogP contribution >= 0.6 is 15.9 Å². The van der Waals surface area contributed by atoms with E-state index in [-0.39, 0.29) is 0 Å². The molecule has 0 spiro atoms. The van der Waals surface area contributed by atoms with Crippen LogP contribution in [0.25, 0.3) is 11.1 Å². The number of halogens is 1. The monoisotopic (exact) mass is 278 g/mol. The smallest absolute Gasteiger partial charge is 0.163 e. The third-order valence-corrected chi connectivity index (χ3v) is 2.81. The molecule has 2 rings (SSSR count). The Balaban J connectivity index is 2.50. The normalized spacial score (nSPS) is 10.2. The second kappa shape index (κ2) is 4.59. The standard InChI is InChI=1S/C11H11BrN4/c1-7-10(6-11(14-13)16-15-7)8-2-4-9(12)5-3-8/h2-6H,13H2,1H3,(H,14,16). The van der Waals surface area contributed by atoms with Crippen molar-refractivity contribution in [3.8, 4) is 11.1 Å². The Bertz CT molecular complexity index is 496. The van der Waals surface area contributed by atoms with Gasteiger partial charge in [0, 0.05) is 10.0 Å². The molecule has 0 bridgehead atoms. The fraction of sp³-hybridized carbons (Fsp3) is 0.0909. The van der Waals surface area contributed by atoms with Gasteiger partial charge in [0.1, 0.15) is 0 Å². The van der Waals surface area contributed by atoms with Crippen LogP contribution in [0.15, 0.2) is 34.8 Å². The summed E-state index contributed by atoms with van der Waals surface area (Å²) in [6.07, 6.45) is 0. The fourth-order valence-electron chi connectivity index (χ4n) is 1.44. The maximum Gasteiger partial charge on any atom is 0.163 e. The van der Waals surface area contributed by atoms with Gasteiger partial charge in [-0.3, -0.25) is 0 Å². The molecule has 2 aromatic rings. The molecule has 0 radical (unpaired) electrons. The summed E-state index contributed by atoms with van der Waals surface area (Å²) in [5.41, 5.74) is 5.48. The Morgan fingerprint density at radius 1 is 1.19 bits per heavy atom. The molecule has 0 saturated carbocycles. The molecule has 0 aliphatic rings. The Morgan fingerprint density at radius 2 is 1.88 bits per heavy atom. The zero-order chi connectivity index (χ0) is 11.5. The number of anilines is 1.